The summed E-state index contributed by atoms with van der Waals surface area (Å²) in [5.41, 5.74) is 0.750. The first kappa shape index (κ1) is 21.5. The third-order valence-electron chi connectivity index (χ3n) is 5.18. The molecule has 0 spiro atoms. The molecule has 1 fully saturated rings. The summed E-state index contributed by atoms with van der Waals surface area (Å²) in [6.45, 7) is 5.37. The molecule has 0 aliphatic carbocycles. The quantitative estimate of drug-likeness (QED) is 0.783. The highest BCUT2D eigenvalue weighted by atomic mass is 19.1. The highest BCUT2D eigenvalue weighted by Gasteiger charge is 2.32. The Kier molecular flexibility index (Phi) is 6.87. The summed E-state index contributed by atoms with van der Waals surface area (Å²) in [5.74, 6) is -0.938. The standard InChI is InChI=1S/C22H26FN3O4/c1-15(2)20(24-21(28)18-4-3-13-30-18)22(29)26-11-9-25(10-12-26)19(27)14-16-5-7-17(23)8-6-16/h3-8,13,15,20H,9-12,14H2,1-2H3,(H,24,28). The molecule has 1 N–H and O–H groups in total. The summed E-state index contributed by atoms with van der Waals surface area (Å²) < 4.78 is 18.1. The third kappa shape index (κ3) is 5.25. The lowest BCUT2D eigenvalue weighted by Crippen LogP contribution is -2.57. The lowest BCUT2D eigenvalue weighted by atomic mass is 10.0. The Morgan fingerprint density at radius 1 is 1.03 bits per heavy atom. The van der Waals surface area contributed by atoms with Crippen LogP contribution in [0.1, 0.15) is 30.0 Å². The van der Waals surface area contributed by atoms with Crippen molar-refractivity contribution in [1.29, 1.82) is 0 Å². The van der Waals surface area contributed by atoms with E-state index in [1.54, 1.807) is 34.1 Å². The van der Waals surface area contributed by atoms with Gasteiger partial charge in [0.05, 0.1) is 12.7 Å². The van der Waals surface area contributed by atoms with Crippen molar-refractivity contribution in [3.63, 3.8) is 0 Å². The number of benzene rings is 1. The minimum atomic E-state index is -0.677. The number of nitrogens with zero attached hydrogens (tertiary/aromatic N) is 2. The van der Waals surface area contributed by atoms with Crippen LogP contribution in [0.3, 0.4) is 0 Å². The molecule has 160 valence electrons. The minimum Gasteiger partial charge on any atom is -0.459 e. The molecule has 2 heterocycles. The number of nitrogens with one attached hydrogen (secondary N) is 1. The van der Waals surface area contributed by atoms with Crippen LogP contribution >= 0.6 is 0 Å². The zero-order chi connectivity index (χ0) is 21.7. The van der Waals surface area contributed by atoms with Gasteiger partial charge < -0.3 is 19.5 Å². The van der Waals surface area contributed by atoms with E-state index in [9.17, 15) is 18.8 Å². The molecule has 1 atom stereocenters. The number of piperazine rings is 1. The molecule has 0 bridgehead atoms. The van der Waals surface area contributed by atoms with Gasteiger partial charge in [-0.3, -0.25) is 14.4 Å². The molecule has 1 aromatic heterocycles. The van der Waals surface area contributed by atoms with E-state index in [0.717, 1.165) is 5.56 Å². The smallest absolute Gasteiger partial charge is 0.287 e. The summed E-state index contributed by atoms with van der Waals surface area (Å²) in [4.78, 5) is 41.2. The number of carbonyl (C=O) groups excluding carboxylic acids is 3. The Labute approximate surface area is 174 Å². The van der Waals surface area contributed by atoms with Gasteiger partial charge in [0.1, 0.15) is 11.9 Å². The van der Waals surface area contributed by atoms with E-state index in [2.05, 4.69) is 5.32 Å². The van der Waals surface area contributed by atoms with E-state index in [1.165, 1.54) is 18.4 Å². The zero-order valence-corrected chi connectivity index (χ0v) is 17.1. The van der Waals surface area contributed by atoms with Crippen molar-refractivity contribution in [3.05, 3.63) is 59.8 Å². The monoisotopic (exact) mass is 415 g/mol. The lowest BCUT2D eigenvalue weighted by Gasteiger charge is -2.37. The predicted octanol–water partition coefficient (Wildman–Crippen LogP) is 2.09. The number of rotatable bonds is 6. The Morgan fingerprint density at radius 3 is 2.23 bits per heavy atom. The Balaban J connectivity index is 1.54. The van der Waals surface area contributed by atoms with E-state index in [4.69, 9.17) is 4.42 Å². The number of halogens is 1. The normalized spacial score (nSPS) is 15.2. The van der Waals surface area contributed by atoms with Crippen molar-refractivity contribution in [2.45, 2.75) is 26.3 Å². The molecule has 0 radical (unpaired) electrons. The summed E-state index contributed by atoms with van der Waals surface area (Å²) in [6, 6.07) is 8.35. The van der Waals surface area contributed by atoms with Gasteiger partial charge in [-0.2, -0.15) is 0 Å². The third-order valence-corrected chi connectivity index (χ3v) is 5.18. The fourth-order valence-electron chi connectivity index (χ4n) is 3.40. The molecule has 1 aliphatic rings. The van der Waals surface area contributed by atoms with E-state index in [0.29, 0.717) is 26.2 Å². The summed E-state index contributed by atoms with van der Waals surface area (Å²) >= 11 is 0. The van der Waals surface area contributed by atoms with Crippen molar-refractivity contribution in [3.8, 4) is 0 Å². The van der Waals surface area contributed by atoms with Crippen molar-refractivity contribution in [2.24, 2.45) is 5.92 Å². The lowest BCUT2D eigenvalue weighted by molar-refractivity contribution is -0.141. The average molecular weight is 415 g/mol. The molecule has 7 nitrogen and oxygen atoms in total. The molecule has 3 amide bonds. The van der Waals surface area contributed by atoms with Crippen molar-refractivity contribution in [1.82, 2.24) is 15.1 Å². The van der Waals surface area contributed by atoms with Crippen LogP contribution in [0.25, 0.3) is 0 Å². The van der Waals surface area contributed by atoms with Gasteiger partial charge in [0.25, 0.3) is 5.91 Å². The second kappa shape index (κ2) is 9.56. The maximum atomic E-state index is 13.0. The van der Waals surface area contributed by atoms with Crippen LogP contribution in [-0.2, 0) is 16.0 Å². The van der Waals surface area contributed by atoms with Gasteiger partial charge in [-0.15, -0.1) is 0 Å². The largest absolute Gasteiger partial charge is 0.459 e. The van der Waals surface area contributed by atoms with E-state index < -0.39 is 11.9 Å². The molecular weight excluding hydrogens is 389 g/mol. The van der Waals surface area contributed by atoms with Crippen molar-refractivity contribution in [2.75, 3.05) is 26.2 Å². The van der Waals surface area contributed by atoms with Crippen LogP contribution in [0.5, 0.6) is 0 Å². The number of hydrogen-bond donors (Lipinski definition) is 1. The second-order valence-corrected chi connectivity index (χ2v) is 7.68. The molecule has 30 heavy (non-hydrogen) atoms. The summed E-state index contributed by atoms with van der Waals surface area (Å²) in [6.07, 6.45) is 1.60. The van der Waals surface area contributed by atoms with Crippen LogP contribution in [0.2, 0.25) is 0 Å². The molecule has 1 saturated heterocycles. The van der Waals surface area contributed by atoms with Gasteiger partial charge in [0.15, 0.2) is 5.76 Å². The van der Waals surface area contributed by atoms with E-state index in [1.807, 2.05) is 13.8 Å². The van der Waals surface area contributed by atoms with Crippen LogP contribution in [-0.4, -0.2) is 59.7 Å². The highest BCUT2D eigenvalue weighted by Crippen LogP contribution is 2.13. The van der Waals surface area contributed by atoms with E-state index in [-0.39, 0.29) is 35.7 Å². The van der Waals surface area contributed by atoms with Crippen LogP contribution in [0, 0.1) is 11.7 Å². The molecule has 1 aliphatic heterocycles. The number of amides is 3. The first-order chi connectivity index (χ1) is 14.3. The average Bonchev–Trinajstić information content (AvgIpc) is 3.28. The molecule has 3 rings (SSSR count). The van der Waals surface area contributed by atoms with Gasteiger partial charge in [0.2, 0.25) is 11.8 Å². The molecule has 0 saturated carbocycles. The Bertz CT molecular complexity index is 872. The van der Waals surface area contributed by atoms with Gasteiger partial charge >= 0.3 is 0 Å². The number of hydrogen-bond acceptors (Lipinski definition) is 4. The summed E-state index contributed by atoms with van der Waals surface area (Å²) in [5, 5.41) is 2.75. The van der Waals surface area contributed by atoms with Crippen LogP contribution < -0.4 is 5.32 Å². The van der Waals surface area contributed by atoms with Crippen molar-refractivity contribution >= 4 is 17.7 Å². The number of carbonyl (C=O) groups is 3. The fraction of sp³-hybridized carbons (Fsp3) is 0.409. The zero-order valence-electron chi connectivity index (χ0n) is 17.1. The predicted molar refractivity (Wildman–Crippen MR) is 108 cm³/mol. The minimum absolute atomic E-state index is 0.0553. The topological polar surface area (TPSA) is 82.9 Å². The van der Waals surface area contributed by atoms with Gasteiger partial charge in [-0.1, -0.05) is 26.0 Å². The van der Waals surface area contributed by atoms with Crippen LogP contribution in [0.4, 0.5) is 4.39 Å². The van der Waals surface area contributed by atoms with Crippen LogP contribution in [0.15, 0.2) is 47.1 Å². The summed E-state index contributed by atoms with van der Waals surface area (Å²) in [7, 11) is 0. The fourth-order valence-corrected chi connectivity index (χ4v) is 3.40. The van der Waals surface area contributed by atoms with Gasteiger partial charge in [-0.05, 0) is 35.7 Å². The first-order valence-corrected chi connectivity index (χ1v) is 10.0. The van der Waals surface area contributed by atoms with E-state index >= 15 is 0 Å². The second-order valence-electron chi connectivity index (χ2n) is 7.68. The van der Waals surface area contributed by atoms with Crippen molar-refractivity contribution < 1.29 is 23.2 Å². The maximum absolute atomic E-state index is 13.0. The molecule has 8 heteroatoms. The SMILES string of the molecule is CC(C)C(NC(=O)c1ccco1)C(=O)N1CCN(C(=O)Cc2ccc(F)cc2)CC1. The number of furan rings is 1. The Morgan fingerprint density at radius 2 is 1.67 bits per heavy atom. The maximum Gasteiger partial charge on any atom is 0.287 e. The molecule has 1 aromatic carbocycles. The molecule has 2 aromatic rings. The van der Waals surface area contributed by atoms with Gasteiger partial charge in [0, 0.05) is 26.2 Å². The molecule has 1 unspecified atom stereocenters. The Hall–Kier alpha value is -3.16. The first-order valence-electron chi connectivity index (χ1n) is 10.0. The van der Waals surface area contributed by atoms with Gasteiger partial charge in [-0.25, -0.2) is 4.39 Å². The molecular formula is C22H26FN3O4. The highest BCUT2D eigenvalue weighted by molar-refractivity contribution is 5.95.